The molecule has 1 aromatic rings. The number of carbonyl (C=O) groups excluding carboxylic acids is 1. The highest BCUT2D eigenvalue weighted by Crippen LogP contribution is 2.17. The van der Waals surface area contributed by atoms with Gasteiger partial charge in [-0.3, -0.25) is 14.9 Å². The van der Waals surface area contributed by atoms with Crippen LogP contribution in [0.3, 0.4) is 0 Å². The molecular weight excluding hydrogens is 282 g/mol. The molecule has 0 radical (unpaired) electrons. The number of nitrogens with one attached hydrogen (secondary N) is 1. The maximum absolute atomic E-state index is 11.7. The van der Waals surface area contributed by atoms with E-state index in [0.717, 1.165) is 0 Å². The van der Waals surface area contributed by atoms with Gasteiger partial charge in [-0.2, -0.15) is 0 Å². The molecule has 6 nitrogen and oxygen atoms in total. The molecule has 0 saturated carbocycles. The lowest BCUT2D eigenvalue weighted by atomic mass is 10.0. The molecule has 0 aliphatic carbocycles. The smallest absolute Gasteiger partial charge is 0.274 e. The number of halogens is 1. The Morgan fingerprint density at radius 2 is 2.00 bits per heavy atom. The molecule has 1 rings (SSSR count). The van der Waals surface area contributed by atoms with E-state index in [1.165, 1.54) is 6.07 Å². The fourth-order valence-corrected chi connectivity index (χ4v) is 1.77. The Morgan fingerprint density at radius 3 is 2.55 bits per heavy atom. The number of benzene rings is 1. The van der Waals surface area contributed by atoms with E-state index in [1.807, 2.05) is 13.8 Å². The summed E-state index contributed by atoms with van der Waals surface area (Å²) in [5, 5.41) is 13.4. The minimum atomic E-state index is -0.581. The van der Waals surface area contributed by atoms with E-state index in [9.17, 15) is 14.9 Å². The molecule has 1 amide bonds. The molecule has 7 heteroatoms. The van der Waals surface area contributed by atoms with Crippen molar-refractivity contribution in [3.05, 3.63) is 39.9 Å². The average molecular weight is 302 g/mol. The van der Waals surface area contributed by atoms with Crippen molar-refractivity contribution in [3.8, 4) is 0 Å². The van der Waals surface area contributed by atoms with Gasteiger partial charge in [0.15, 0.2) is 0 Å². The Kier molecular flexibility index (Phi) is 7.79. The summed E-state index contributed by atoms with van der Waals surface area (Å²) in [6.07, 6.45) is 0.586. The van der Waals surface area contributed by atoms with Crippen LogP contribution in [-0.4, -0.2) is 16.9 Å². The van der Waals surface area contributed by atoms with Gasteiger partial charge in [0.2, 0.25) is 5.91 Å². The molecule has 0 heterocycles. The van der Waals surface area contributed by atoms with Crippen molar-refractivity contribution in [3.63, 3.8) is 0 Å². The van der Waals surface area contributed by atoms with Crippen LogP contribution in [0.4, 0.5) is 5.69 Å². The van der Waals surface area contributed by atoms with Gasteiger partial charge in [-0.1, -0.05) is 32.0 Å². The van der Waals surface area contributed by atoms with Crippen LogP contribution in [0.5, 0.6) is 0 Å². The largest absolute Gasteiger partial charge is 0.350 e. The Bertz CT molecular complexity index is 466. The molecule has 0 aliphatic heterocycles. The standard InChI is InChI=1S/C13H19N3O3.ClH/c1-9(2)7-11(14)13(17)15-8-10-5-3-4-6-12(10)16(18)19;/h3-6,9,11H,7-8,14H2,1-2H3,(H,15,17);1H/t11-;/m0./s1. The van der Waals surface area contributed by atoms with Gasteiger partial charge < -0.3 is 11.1 Å². The molecule has 0 fully saturated rings. The Morgan fingerprint density at radius 1 is 1.40 bits per heavy atom. The van der Waals surface area contributed by atoms with Crippen LogP contribution >= 0.6 is 12.4 Å². The average Bonchev–Trinajstić information content (AvgIpc) is 2.35. The first-order valence-corrected chi connectivity index (χ1v) is 6.17. The molecule has 1 aromatic carbocycles. The SMILES string of the molecule is CC(C)C[C@H](N)C(=O)NCc1ccccc1[N+](=O)[O-].Cl. The summed E-state index contributed by atoms with van der Waals surface area (Å²) < 4.78 is 0. The summed E-state index contributed by atoms with van der Waals surface area (Å²) in [4.78, 5) is 22.1. The molecule has 3 N–H and O–H groups in total. The molecule has 0 aromatic heterocycles. The third-order valence-corrected chi connectivity index (χ3v) is 2.70. The van der Waals surface area contributed by atoms with Gasteiger partial charge in [-0.25, -0.2) is 0 Å². The highest BCUT2D eigenvalue weighted by molar-refractivity contribution is 5.85. The van der Waals surface area contributed by atoms with Gasteiger partial charge in [0.1, 0.15) is 0 Å². The highest BCUT2D eigenvalue weighted by atomic mass is 35.5. The molecule has 20 heavy (non-hydrogen) atoms. The van der Waals surface area contributed by atoms with Crippen molar-refractivity contribution < 1.29 is 9.72 Å². The highest BCUT2D eigenvalue weighted by Gasteiger charge is 2.17. The van der Waals surface area contributed by atoms with Gasteiger partial charge in [-0.15, -0.1) is 12.4 Å². The van der Waals surface area contributed by atoms with Crippen molar-refractivity contribution in [2.75, 3.05) is 0 Å². The van der Waals surface area contributed by atoms with Crippen molar-refractivity contribution in [2.45, 2.75) is 32.9 Å². The van der Waals surface area contributed by atoms with Gasteiger partial charge in [-0.05, 0) is 12.3 Å². The fraction of sp³-hybridized carbons (Fsp3) is 0.462. The maximum Gasteiger partial charge on any atom is 0.274 e. The van der Waals surface area contributed by atoms with Crippen molar-refractivity contribution in [2.24, 2.45) is 11.7 Å². The zero-order chi connectivity index (χ0) is 14.4. The van der Waals surface area contributed by atoms with E-state index >= 15 is 0 Å². The molecule has 112 valence electrons. The van der Waals surface area contributed by atoms with Gasteiger partial charge >= 0.3 is 0 Å². The Balaban J connectivity index is 0.00000361. The Labute approximate surface area is 124 Å². The minimum absolute atomic E-state index is 0. The molecule has 0 aliphatic rings. The molecule has 0 bridgehead atoms. The topological polar surface area (TPSA) is 98.3 Å². The van der Waals surface area contributed by atoms with Crippen LogP contribution in [0.15, 0.2) is 24.3 Å². The summed E-state index contributed by atoms with van der Waals surface area (Å²) in [7, 11) is 0. The first-order chi connectivity index (χ1) is 8.91. The number of amides is 1. The third kappa shape index (κ3) is 5.54. The van der Waals surface area contributed by atoms with E-state index < -0.39 is 11.0 Å². The van der Waals surface area contributed by atoms with Crippen molar-refractivity contribution in [1.82, 2.24) is 5.32 Å². The van der Waals surface area contributed by atoms with Crippen LogP contribution < -0.4 is 11.1 Å². The first-order valence-electron chi connectivity index (χ1n) is 6.17. The summed E-state index contributed by atoms with van der Waals surface area (Å²) in [5.74, 6) is 0.0404. The summed E-state index contributed by atoms with van der Waals surface area (Å²) in [6, 6.07) is 5.74. The number of nitro groups is 1. The third-order valence-electron chi connectivity index (χ3n) is 2.70. The number of hydrogen-bond acceptors (Lipinski definition) is 4. The van der Waals surface area contributed by atoms with Crippen LogP contribution in [0.1, 0.15) is 25.8 Å². The zero-order valence-corrected chi connectivity index (χ0v) is 12.4. The fourth-order valence-electron chi connectivity index (χ4n) is 1.77. The molecule has 0 spiro atoms. The summed E-state index contributed by atoms with van der Waals surface area (Å²) in [5.41, 5.74) is 6.20. The minimum Gasteiger partial charge on any atom is -0.350 e. The number of para-hydroxylation sites is 1. The quantitative estimate of drug-likeness (QED) is 0.620. The number of nitro benzene ring substituents is 1. The second-order valence-corrected chi connectivity index (χ2v) is 4.84. The molecule has 1 atom stereocenters. The van der Waals surface area contributed by atoms with Crippen LogP contribution in [0.25, 0.3) is 0 Å². The predicted octanol–water partition coefficient (Wildman–Crippen LogP) is 2.01. The van der Waals surface area contributed by atoms with Crippen molar-refractivity contribution in [1.29, 1.82) is 0 Å². The predicted molar refractivity (Wildman–Crippen MR) is 79.6 cm³/mol. The van der Waals surface area contributed by atoms with E-state index in [1.54, 1.807) is 18.2 Å². The molecule has 0 unspecified atom stereocenters. The second-order valence-electron chi connectivity index (χ2n) is 4.84. The van der Waals surface area contributed by atoms with E-state index in [-0.39, 0.29) is 30.5 Å². The van der Waals surface area contributed by atoms with E-state index in [2.05, 4.69) is 5.32 Å². The maximum atomic E-state index is 11.7. The zero-order valence-electron chi connectivity index (χ0n) is 11.5. The second kappa shape index (κ2) is 8.50. The van der Waals surface area contributed by atoms with Crippen molar-refractivity contribution >= 4 is 24.0 Å². The lowest BCUT2D eigenvalue weighted by Gasteiger charge is -2.14. The summed E-state index contributed by atoms with van der Waals surface area (Å²) in [6.45, 7) is 4.08. The number of rotatable bonds is 6. The Hall–Kier alpha value is -1.66. The molecule has 0 saturated heterocycles. The van der Waals surface area contributed by atoms with Gasteiger partial charge in [0.05, 0.1) is 11.0 Å². The number of carbonyl (C=O) groups is 1. The van der Waals surface area contributed by atoms with Crippen LogP contribution in [0.2, 0.25) is 0 Å². The molecular formula is C13H20ClN3O3. The summed E-state index contributed by atoms with van der Waals surface area (Å²) >= 11 is 0. The van der Waals surface area contributed by atoms with Gasteiger partial charge in [0, 0.05) is 18.2 Å². The number of nitrogens with two attached hydrogens (primary N) is 1. The first kappa shape index (κ1) is 18.3. The lowest BCUT2D eigenvalue weighted by molar-refractivity contribution is -0.385. The van der Waals surface area contributed by atoms with E-state index in [0.29, 0.717) is 17.9 Å². The van der Waals surface area contributed by atoms with Crippen LogP contribution in [-0.2, 0) is 11.3 Å². The van der Waals surface area contributed by atoms with Crippen LogP contribution in [0, 0.1) is 16.0 Å². The van der Waals surface area contributed by atoms with Gasteiger partial charge in [0.25, 0.3) is 5.69 Å². The normalized spacial score (nSPS) is 11.6. The van der Waals surface area contributed by atoms with E-state index in [4.69, 9.17) is 5.73 Å². The number of nitrogens with zero attached hydrogens (tertiary/aromatic N) is 1. The number of hydrogen-bond donors (Lipinski definition) is 2. The lowest BCUT2D eigenvalue weighted by Crippen LogP contribution is -2.41. The monoisotopic (exact) mass is 301 g/mol.